The lowest BCUT2D eigenvalue weighted by atomic mass is 10.2. The highest BCUT2D eigenvalue weighted by Crippen LogP contribution is 2.26. The van der Waals surface area contributed by atoms with E-state index in [4.69, 9.17) is 15.8 Å². The second-order valence-corrected chi connectivity index (χ2v) is 7.32. The largest absolute Gasteiger partial charge is 0.344 e. The molecular weight excluding hydrogens is 340 g/mol. The predicted molar refractivity (Wildman–Crippen MR) is 90.2 cm³/mol. The number of hydrogen-bond acceptors (Lipinski definition) is 7. The Hall–Kier alpha value is -2.90. The maximum atomic E-state index is 12.9. The van der Waals surface area contributed by atoms with Gasteiger partial charge in [0.2, 0.25) is 10.0 Å². The van der Waals surface area contributed by atoms with E-state index in [9.17, 15) is 8.42 Å². The van der Waals surface area contributed by atoms with Crippen molar-refractivity contribution in [2.75, 3.05) is 38.5 Å². The van der Waals surface area contributed by atoms with Gasteiger partial charge in [0.1, 0.15) is 28.8 Å². The molecule has 0 atom stereocenters. The van der Waals surface area contributed by atoms with Crippen LogP contribution in [-0.2, 0) is 10.0 Å². The van der Waals surface area contributed by atoms with E-state index in [0.29, 0.717) is 26.2 Å². The minimum Gasteiger partial charge on any atom is -0.344 e. The zero-order valence-corrected chi connectivity index (χ0v) is 14.4. The molecule has 0 amide bonds. The average Bonchev–Trinajstić information content (AvgIpc) is 2.62. The lowest BCUT2D eigenvalue weighted by molar-refractivity contribution is 0.222. The van der Waals surface area contributed by atoms with Crippen molar-refractivity contribution in [3.63, 3.8) is 0 Å². The zero-order chi connectivity index (χ0) is 18.4. The van der Waals surface area contributed by atoms with Gasteiger partial charge in [-0.1, -0.05) is 12.1 Å². The lowest BCUT2D eigenvalue weighted by Crippen LogP contribution is -2.47. The SMILES string of the molecule is CN1CCN(S(=O)(=O)c2ccccc2NC(C#N)=C(C#N)C#N)CC1. The average molecular weight is 356 g/mol. The van der Waals surface area contributed by atoms with Crippen LogP contribution >= 0.6 is 0 Å². The summed E-state index contributed by atoms with van der Waals surface area (Å²) in [6, 6.07) is 11.1. The van der Waals surface area contributed by atoms with Crippen molar-refractivity contribution < 1.29 is 8.42 Å². The van der Waals surface area contributed by atoms with Gasteiger partial charge in [-0.3, -0.25) is 0 Å². The summed E-state index contributed by atoms with van der Waals surface area (Å²) in [5, 5.41) is 29.6. The van der Waals surface area contributed by atoms with Crippen molar-refractivity contribution in [3.8, 4) is 18.2 Å². The second-order valence-electron chi connectivity index (χ2n) is 5.41. The van der Waals surface area contributed by atoms with E-state index in [-0.39, 0.29) is 16.3 Å². The molecule has 1 aromatic carbocycles. The van der Waals surface area contributed by atoms with Crippen LogP contribution in [0.3, 0.4) is 0 Å². The molecule has 0 saturated carbocycles. The highest BCUT2D eigenvalue weighted by molar-refractivity contribution is 7.89. The Balaban J connectivity index is 2.42. The number of nitriles is 3. The molecule has 1 aliphatic heterocycles. The molecule has 1 N–H and O–H groups in total. The smallest absolute Gasteiger partial charge is 0.245 e. The van der Waals surface area contributed by atoms with Crippen LogP contribution < -0.4 is 5.32 Å². The van der Waals surface area contributed by atoms with E-state index in [1.165, 1.54) is 16.4 Å². The summed E-state index contributed by atoms with van der Waals surface area (Å²) in [7, 11) is -1.84. The van der Waals surface area contributed by atoms with Crippen molar-refractivity contribution in [2.24, 2.45) is 0 Å². The summed E-state index contributed by atoms with van der Waals surface area (Å²) in [5.74, 6) is 0. The molecule has 1 aliphatic rings. The predicted octanol–water partition coefficient (Wildman–Crippen LogP) is 0.859. The highest BCUT2D eigenvalue weighted by Gasteiger charge is 2.29. The van der Waals surface area contributed by atoms with Gasteiger partial charge < -0.3 is 10.2 Å². The van der Waals surface area contributed by atoms with Gasteiger partial charge in [0.15, 0.2) is 5.57 Å². The maximum absolute atomic E-state index is 12.9. The van der Waals surface area contributed by atoms with Crippen molar-refractivity contribution in [2.45, 2.75) is 4.90 Å². The van der Waals surface area contributed by atoms with E-state index < -0.39 is 15.6 Å². The molecule has 1 fully saturated rings. The number of anilines is 1. The molecule has 0 radical (unpaired) electrons. The number of para-hydroxylation sites is 1. The van der Waals surface area contributed by atoms with E-state index in [1.54, 1.807) is 30.3 Å². The number of rotatable bonds is 4. The molecule has 1 heterocycles. The molecular formula is C16H16N6O2S. The van der Waals surface area contributed by atoms with Gasteiger partial charge in [0.25, 0.3) is 0 Å². The number of sulfonamides is 1. The van der Waals surface area contributed by atoms with Crippen molar-refractivity contribution in [1.29, 1.82) is 15.8 Å². The summed E-state index contributed by atoms with van der Waals surface area (Å²) >= 11 is 0. The van der Waals surface area contributed by atoms with Crippen LogP contribution in [-0.4, -0.2) is 50.8 Å². The quantitative estimate of drug-likeness (QED) is 0.793. The molecule has 0 aromatic heterocycles. The van der Waals surface area contributed by atoms with Crippen molar-refractivity contribution in [3.05, 3.63) is 35.5 Å². The first-order chi connectivity index (χ1) is 11.9. The summed E-state index contributed by atoms with van der Waals surface area (Å²) in [5.41, 5.74) is -0.540. The topological polar surface area (TPSA) is 124 Å². The van der Waals surface area contributed by atoms with Crippen LogP contribution in [0.4, 0.5) is 5.69 Å². The normalized spacial score (nSPS) is 15.4. The molecule has 0 aliphatic carbocycles. The van der Waals surface area contributed by atoms with Crippen LogP contribution in [0, 0.1) is 34.0 Å². The Labute approximate surface area is 146 Å². The third-order valence-electron chi connectivity index (χ3n) is 3.81. The summed E-state index contributed by atoms with van der Waals surface area (Å²) in [4.78, 5) is 2.04. The van der Waals surface area contributed by atoms with Crippen LogP contribution in [0.25, 0.3) is 0 Å². The fourth-order valence-corrected chi connectivity index (χ4v) is 3.95. The number of nitrogens with zero attached hydrogens (tertiary/aromatic N) is 5. The fourth-order valence-electron chi connectivity index (χ4n) is 2.38. The molecule has 2 rings (SSSR count). The minimum atomic E-state index is -3.76. The molecule has 0 spiro atoms. The fraction of sp³-hybridized carbons (Fsp3) is 0.312. The zero-order valence-electron chi connectivity index (χ0n) is 13.6. The van der Waals surface area contributed by atoms with Gasteiger partial charge in [0, 0.05) is 26.2 Å². The maximum Gasteiger partial charge on any atom is 0.245 e. The van der Waals surface area contributed by atoms with E-state index in [0.717, 1.165) is 0 Å². The summed E-state index contributed by atoms with van der Waals surface area (Å²) < 4.78 is 27.3. The Morgan fingerprint density at radius 1 is 1.04 bits per heavy atom. The molecule has 0 unspecified atom stereocenters. The molecule has 25 heavy (non-hydrogen) atoms. The number of likely N-dealkylation sites (N-methyl/N-ethyl adjacent to an activating group) is 1. The highest BCUT2D eigenvalue weighted by atomic mass is 32.2. The first kappa shape index (κ1) is 18.4. The Morgan fingerprint density at radius 2 is 1.64 bits per heavy atom. The standard InChI is InChI=1S/C16H16N6O2S/c1-21-6-8-22(9-7-21)25(23,24)16-5-3-2-4-14(16)20-15(12-19)13(10-17)11-18/h2-5,20H,6-9H2,1H3. The van der Waals surface area contributed by atoms with Gasteiger partial charge in [-0.25, -0.2) is 8.42 Å². The molecule has 9 heteroatoms. The monoisotopic (exact) mass is 356 g/mol. The number of piperazine rings is 1. The van der Waals surface area contributed by atoms with Crippen LogP contribution in [0.5, 0.6) is 0 Å². The van der Waals surface area contributed by atoms with Gasteiger partial charge >= 0.3 is 0 Å². The number of nitrogens with one attached hydrogen (secondary N) is 1. The number of allylic oxidation sites excluding steroid dienone is 2. The Kier molecular flexibility index (Phi) is 5.74. The molecule has 1 saturated heterocycles. The van der Waals surface area contributed by atoms with E-state index >= 15 is 0 Å². The number of benzene rings is 1. The first-order valence-corrected chi connectivity index (χ1v) is 8.87. The number of hydrogen-bond donors (Lipinski definition) is 1. The van der Waals surface area contributed by atoms with Crippen LogP contribution in [0.2, 0.25) is 0 Å². The van der Waals surface area contributed by atoms with E-state index in [1.807, 2.05) is 11.9 Å². The summed E-state index contributed by atoms with van der Waals surface area (Å²) in [6.45, 7) is 2.00. The minimum absolute atomic E-state index is 0.00235. The van der Waals surface area contributed by atoms with Crippen molar-refractivity contribution >= 4 is 15.7 Å². The molecule has 8 nitrogen and oxygen atoms in total. The molecule has 1 aromatic rings. The Morgan fingerprint density at radius 3 is 2.20 bits per heavy atom. The first-order valence-electron chi connectivity index (χ1n) is 7.43. The summed E-state index contributed by atoms with van der Waals surface area (Å²) in [6.07, 6.45) is 0. The van der Waals surface area contributed by atoms with E-state index in [2.05, 4.69) is 5.32 Å². The van der Waals surface area contributed by atoms with Crippen molar-refractivity contribution in [1.82, 2.24) is 9.21 Å². The van der Waals surface area contributed by atoms with Crippen LogP contribution in [0.1, 0.15) is 0 Å². The molecule has 0 bridgehead atoms. The third kappa shape index (κ3) is 3.96. The van der Waals surface area contributed by atoms with Gasteiger partial charge in [-0.15, -0.1) is 0 Å². The molecule has 128 valence electrons. The third-order valence-corrected chi connectivity index (χ3v) is 5.77. The second kappa shape index (κ2) is 7.78. The van der Waals surface area contributed by atoms with Gasteiger partial charge in [-0.05, 0) is 19.2 Å². The van der Waals surface area contributed by atoms with Gasteiger partial charge in [-0.2, -0.15) is 20.1 Å². The van der Waals surface area contributed by atoms with Crippen LogP contribution in [0.15, 0.2) is 40.4 Å². The van der Waals surface area contributed by atoms with Gasteiger partial charge in [0.05, 0.1) is 5.69 Å². The Bertz CT molecular complexity index is 893. The lowest BCUT2D eigenvalue weighted by Gasteiger charge is -2.32.